The molecular formula is C9H19N5. The van der Waals surface area contributed by atoms with Crippen LogP contribution in [0.15, 0.2) is 6.20 Å². The number of nitrogens with zero attached hydrogens (tertiary/aromatic N) is 4. The predicted octanol–water partition coefficient (Wildman–Crippen LogP) is -0.363. The van der Waals surface area contributed by atoms with Gasteiger partial charge in [-0.3, -0.25) is 4.68 Å². The van der Waals surface area contributed by atoms with Crippen LogP contribution in [-0.4, -0.2) is 46.6 Å². The summed E-state index contributed by atoms with van der Waals surface area (Å²) in [5, 5.41) is 7.87. The van der Waals surface area contributed by atoms with E-state index in [0.717, 1.165) is 25.1 Å². The maximum atomic E-state index is 5.96. The van der Waals surface area contributed by atoms with E-state index in [-0.39, 0.29) is 6.04 Å². The summed E-state index contributed by atoms with van der Waals surface area (Å²) >= 11 is 0. The zero-order valence-corrected chi connectivity index (χ0v) is 9.14. The third kappa shape index (κ3) is 3.85. The van der Waals surface area contributed by atoms with E-state index < -0.39 is 0 Å². The summed E-state index contributed by atoms with van der Waals surface area (Å²) in [4.78, 5) is 2.14. The van der Waals surface area contributed by atoms with Gasteiger partial charge in [0.1, 0.15) is 0 Å². The second kappa shape index (κ2) is 5.07. The second-order valence-corrected chi connectivity index (χ2v) is 3.94. The van der Waals surface area contributed by atoms with Crippen LogP contribution in [0.3, 0.4) is 0 Å². The van der Waals surface area contributed by atoms with Crippen LogP contribution >= 0.6 is 0 Å². The molecule has 1 atom stereocenters. The Morgan fingerprint density at radius 3 is 2.79 bits per heavy atom. The summed E-state index contributed by atoms with van der Waals surface area (Å²) in [6.45, 7) is 1.02. The number of aryl methyl sites for hydroxylation is 1. The minimum absolute atomic E-state index is 0.175. The molecule has 5 heteroatoms. The fourth-order valence-corrected chi connectivity index (χ4v) is 1.28. The standard InChI is InChI=1S/C9H19N5/c1-13(2)5-4-8(10)6-9-7-14(3)12-11-9/h7-8H,4-6,10H2,1-3H3. The monoisotopic (exact) mass is 197 g/mol. The average molecular weight is 197 g/mol. The van der Waals surface area contributed by atoms with E-state index in [2.05, 4.69) is 29.3 Å². The number of nitrogens with two attached hydrogens (primary N) is 1. The highest BCUT2D eigenvalue weighted by Gasteiger charge is 2.07. The van der Waals surface area contributed by atoms with Crippen molar-refractivity contribution in [1.29, 1.82) is 0 Å². The lowest BCUT2D eigenvalue weighted by Gasteiger charge is -2.13. The molecule has 5 nitrogen and oxygen atoms in total. The Hall–Kier alpha value is -0.940. The fourth-order valence-electron chi connectivity index (χ4n) is 1.28. The first kappa shape index (κ1) is 11.1. The SMILES string of the molecule is CN(C)CCC(N)Cc1cn(C)nn1. The van der Waals surface area contributed by atoms with Gasteiger partial charge in [0, 0.05) is 25.7 Å². The molecule has 0 bridgehead atoms. The molecule has 0 aliphatic carbocycles. The van der Waals surface area contributed by atoms with E-state index in [9.17, 15) is 0 Å². The van der Waals surface area contributed by atoms with Crippen molar-refractivity contribution in [3.63, 3.8) is 0 Å². The lowest BCUT2D eigenvalue weighted by Crippen LogP contribution is -2.28. The first-order chi connectivity index (χ1) is 6.58. The Bertz CT molecular complexity index is 268. The van der Waals surface area contributed by atoms with Gasteiger partial charge in [0.2, 0.25) is 0 Å². The van der Waals surface area contributed by atoms with Crippen LogP contribution in [0.2, 0.25) is 0 Å². The zero-order chi connectivity index (χ0) is 10.6. The molecule has 0 spiro atoms. The van der Waals surface area contributed by atoms with Crippen molar-refractivity contribution in [3.05, 3.63) is 11.9 Å². The number of hydrogen-bond donors (Lipinski definition) is 1. The van der Waals surface area contributed by atoms with Crippen molar-refractivity contribution in [1.82, 2.24) is 19.9 Å². The second-order valence-electron chi connectivity index (χ2n) is 3.94. The molecule has 0 aliphatic rings. The average Bonchev–Trinajstić information content (AvgIpc) is 2.48. The molecule has 1 unspecified atom stereocenters. The molecule has 80 valence electrons. The van der Waals surface area contributed by atoms with Crippen molar-refractivity contribution in [2.75, 3.05) is 20.6 Å². The van der Waals surface area contributed by atoms with Crippen molar-refractivity contribution < 1.29 is 0 Å². The van der Waals surface area contributed by atoms with Crippen LogP contribution in [0.1, 0.15) is 12.1 Å². The molecule has 0 saturated carbocycles. The molecule has 14 heavy (non-hydrogen) atoms. The highest BCUT2D eigenvalue weighted by molar-refractivity contribution is 4.95. The number of aromatic nitrogens is 3. The summed E-state index contributed by atoms with van der Waals surface area (Å²) in [6.07, 6.45) is 3.71. The van der Waals surface area contributed by atoms with E-state index >= 15 is 0 Å². The van der Waals surface area contributed by atoms with Gasteiger partial charge < -0.3 is 10.6 Å². The van der Waals surface area contributed by atoms with Gasteiger partial charge in [0.05, 0.1) is 5.69 Å². The molecule has 0 aliphatic heterocycles. The minimum Gasteiger partial charge on any atom is -0.327 e. The molecule has 0 aromatic carbocycles. The van der Waals surface area contributed by atoms with Crippen LogP contribution in [0.5, 0.6) is 0 Å². The third-order valence-electron chi connectivity index (χ3n) is 2.07. The van der Waals surface area contributed by atoms with E-state index in [1.807, 2.05) is 13.2 Å². The molecule has 0 radical (unpaired) electrons. The Balaban J connectivity index is 2.30. The Morgan fingerprint density at radius 2 is 2.29 bits per heavy atom. The normalized spacial score (nSPS) is 13.5. The van der Waals surface area contributed by atoms with Crippen LogP contribution in [0.4, 0.5) is 0 Å². The summed E-state index contributed by atoms with van der Waals surface area (Å²) in [6, 6.07) is 0.175. The predicted molar refractivity (Wildman–Crippen MR) is 55.9 cm³/mol. The van der Waals surface area contributed by atoms with Crippen LogP contribution in [-0.2, 0) is 13.5 Å². The quantitative estimate of drug-likeness (QED) is 0.700. The minimum atomic E-state index is 0.175. The van der Waals surface area contributed by atoms with Gasteiger partial charge in [-0.15, -0.1) is 5.10 Å². The molecule has 1 aromatic rings. The van der Waals surface area contributed by atoms with Crippen molar-refractivity contribution in [2.24, 2.45) is 12.8 Å². The van der Waals surface area contributed by atoms with E-state index in [0.29, 0.717) is 0 Å². The third-order valence-corrected chi connectivity index (χ3v) is 2.07. The Labute approximate surface area is 84.9 Å². The van der Waals surface area contributed by atoms with Gasteiger partial charge in [0.15, 0.2) is 0 Å². The fraction of sp³-hybridized carbons (Fsp3) is 0.778. The highest BCUT2D eigenvalue weighted by atomic mass is 15.4. The molecule has 1 rings (SSSR count). The number of rotatable bonds is 5. The topological polar surface area (TPSA) is 60.0 Å². The largest absolute Gasteiger partial charge is 0.327 e. The van der Waals surface area contributed by atoms with E-state index in [1.54, 1.807) is 4.68 Å². The number of hydrogen-bond acceptors (Lipinski definition) is 4. The lowest BCUT2D eigenvalue weighted by molar-refractivity contribution is 0.379. The van der Waals surface area contributed by atoms with Crippen molar-refractivity contribution in [3.8, 4) is 0 Å². The van der Waals surface area contributed by atoms with E-state index in [4.69, 9.17) is 5.73 Å². The van der Waals surface area contributed by atoms with Gasteiger partial charge >= 0.3 is 0 Å². The zero-order valence-electron chi connectivity index (χ0n) is 9.14. The molecule has 1 heterocycles. The summed E-state index contributed by atoms with van der Waals surface area (Å²) in [5.41, 5.74) is 6.93. The van der Waals surface area contributed by atoms with Crippen LogP contribution in [0.25, 0.3) is 0 Å². The first-order valence-corrected chi connectivity index (χ1v) is 4.83. The first-order valence-electron chi connectivity index (χ1n) is 4.83. The molecule has 0 saturated heterocycles. The molecule has 0 amide bonds. The van der Waals surface area contributed by atoms with Crippen LogP contribution < -0.4 is 5.73 Å². The maximum Gasteiger partial charge on any atom is 0.0842 e. The molecule has 0 fully saturated rings. The Kier molecular flexibility index (Phi) is 4.03. The molecule has 1 aromatic heterocycles. The summed E-state index contributed by atoms with van der Waals surface area (Å²) < 4.78 is 1.70. The molecule has 2 N–H and O–H groups in total. The van der Waals surface area contributed by atoms with Crippen LogP contribution in [0, 0.1) is 0 Å². The van der Waals surface area contributed by atoms with Gasteiger partial charge in [-0.1, -0.05) is 5.21 Å². The summed E-state index contributed by atoms with van der Waals surface area (Å²) in [7, 11) is 5.96. The van der Waals surface area contributed by atoms with Gasteiger partial charge in [0.25, 0.3) is 0 Å². The highest BCUT2D eigenvalue weighted by Crippen LogP contribution is 2.00. The summed E-state index contributed by atoms with van der Waals surface area (Å²) in [5.74, 6) is 0. The van der Waals surface area contributed by atoms with E-state index in [1.165, 1.54) is 0 Å². The van der Waals surface area contributed by atoms with Crippen molar-refractivity contribution in [2.45, 2.75) is 18.9 Å². The maximum absolute atomic E-state index is 5.96. The van der Waals surface area contributed by atoms with Gasteiger partial charge in [-0.05, 0) is 27.1 Å². The van der Waals surface area contributed by atoms with Crippen molar-refractivity contribution >= 4 is 0 Å². The van der Waals surface area contributed by atoms with Gasteiger partial charge in [-0.2, -0.15) is 0 Å². The lowest BCUT2D eigenvalue weighted by atomic mass is 10.1. The molecular weight excluding hydrogens is 178 g/mol. The Morgan fingerprint density at radius 1 is 1.57 bits per heavy atom. The van der Waals surface area contributed by atoms with Gasteiger partial charge in [-0.25, -0.2) is 0 Å². The smallest absolute Gasteiger partial charge is 0.0842 e.